The Kier molecular flexibility index (Phi) is 6.43. The second-order valence-corrected chi connectivity index (χ2v) is 7.43. The van der Waals surface area contributed by atoms with Crippen molar-refractivity contribution in [2.75, 3.05) is 52.9 Å². The van der Waals surface area contributed by atoms with Crippen LogP contribution in [-0.4, -0.2) is 73.6 Å². The number of likely N-dealkylation sites (N-methyl/N-ethyl adjacent to an activating group) is 1. The summed E-state index contributed by atoms with van der Waals surface area (Å²) in [6.07, 6.45) is 2.12. The highest BCUT2D eigenvalue weighted by Gasteiger charge is 2.26. The zero-order chi connectivity index (χ0) is 18.5. The molecule has 2 aliphatic rings. The van der Waals surface area contributed by atoms with E-state index in [1.54, 1.807) is 4.90 Å². The van der Waals surface area contributed by atoms with E-state index in [9.17, 15) is 13.6 Å². The van der Waals surface area contributed by atoms with Crippen LogP contribution in [0.5, 0.6) is 0 Å². The molecule has 0 bridgehead atoms. The Hall–Kier alpha value is -1.73. The van der Waals surface area contributed by atoms with E-state index in [0.717, 1.165) is 64.7 Å². The van der Waals surface area contributed by atoms with Crippen LogP contribution in [0, 0.1) is 17.6 Å². The molecule has 1 atom stereocenters. The lowest BCUT2D eigenvalue weighted by atomic mass is 9.97. The molecular formula is C19H28F2N4O. The number of piperazine rings is 1. The number of urea groups is 1. The summed E-state index contributed by atoms with van der Waals surface area (Å²) in [5.41, 5.74) is 0.171. The average molecular weight is 366 g/mol. The van der Waals surface area contributed by atoms with Crippen LogP contribution in [0.4, 0.5) is 13.6 Å². The maximum atomic E-state index is 13.7. The van der Waals surface area contributed by atoms with Crippen LogP contribution in [0.3, 0.4) is 0 Å². The van der Waals surface area contributed by atoms with Crippen LogP contribution in [0.1, 0.15) is 18.4 Å². The molecule has 2 fully saturated rings. The summed E-state index contributed by atoms with van der Waals surface area (Å²) in [4.78, 5) is 19.1. The average Bonchev–Trinajstić information content (AvgIpc) is 2.65. The van der Waals surface area contributed by atoms with E-state index in [2.05, 4.69) is 22.2 Å². The lowest BCUT2D eigenvalue weighted by Crippen LogP contribution is -2.50. The highest BCUT2D eigenvalue weighted by atomic mass is 19.2. The highest BCUT2D eigenvalue weighted by Crippen LogP contribution is 2.19. The highest BCUT2D eigenvalue weighted by molar-refractivity contribution is 5.74. The number of carbonyl (C=O) groups is 1. The number of nitrogens with zero attached hydrogens (tertiary/aromatic N) is 3. The van der Waals surface area contributed by atoms with Crippen molar-refractivity contribution in [3.8, 4) is 0 Å². The number of nitrogens with one attached hydrogen (secondary N) is 1. The molecule has 1 aromatic carbocycles. The van der Waals surface area contributed by atoms with Crippen molar-refractivity contribution in [1.29, 1.82) is 0 Å². The van der Waals surface area contributed by atoms with Gasteiger partial charge in [0.25, 0.3) is 0 Å². The van der Waals surface area contributed by atoms with Gasteiger partial charge in [-0.2, -0.15) is 0 Å². The van der Waals surface area contributed by atoms with Gasteiger partial charge >= 0.3 is 6.03 Å². The van der Waals surface area contributed by atoms with E-state index < -0.39 is 11.6 Å². The Labute approximate surface area is 153 Å². The standard InChI is InChI=1S/C19H28F2N4O/c1-23-8-10-24(11-9-23)13-15-4-3-7-25(14-15)19(26)22-12-16-5-2-6-17(20)18(16)21/h2,5-6,15H,3-4,7-14H2,1H3,(H,22,26)/t15-/m1/s1. The minimum Gasteiger partial charge on any atom is -0.334 e. The Balaban J connectivity index is 1.47. The molecule has 26 heavy (non-hydrogen) atoms. The van der Waals surface area contributed by atoms with Crippen molar-refractivity contribution in [2.45, 2.75) is 19.4 Å². The molecule has 0 unspecified atom stereocenters. The normalized spacial score (nSPS) is 22.4. The summed E-state index contributed by atoms with van der Waals surface area (Å²) < 4.78 is 26.9. The molecule has 3 rings (SSSR count). The van der Waals surface area contributed by atoms with Crippen molar-refractivity contribution in [1.82, 2.24) is 20.0 Å². The minimum absolute atomic E-state index is 0.00204. The van der Waals surface area contributed by atoms with Crippen molar-refractivity contribution in [2.24, 2.45) is 5.92 Å². The molecule has 1 N–H and O–H groups in total. The maximum absolute atomic E-state index is 13.7. The van der Waals surface area contributed by atoms with Crippen LogP contribution in [0.25, 0.3) is 0 Å². The van der Waals surface area contributed by atoms with Gasteiger partial charge in [0.1, 0.15) is 0 Å². The Morgan fingerprint density at radius 3 is 2.73 bits per heavy atom. The van der Waals surface area contributed by atoms with Gasteiger partial charge in [-0.1, -0.05) is 12.1 Å². The number of likely N-dealkylation sites (tertiary alicyclic amines) is 1. The number of piperidine rings is 1. The van der Waals surface area contributed by atoms with E-state index in [1.165, 1.54) is 12.1 Å². The molecule has 2 amide bonds. The van der Waals surface area contributed by atoms with E-state index in [0.29, 0.717) is 5.92 Å². The number of hydrogen-bond donors (Lipinski definition) is 1. The lowest BCUT2D eigenvalue weighted by molar-refractivity contribution is 0.106. The van der Waals surface area contributed by atoms with Gasteiger partial charge in [-0.3, -0.25) is 0 Å². The molecule has 0 radical (unpaired) electrons. The van der Waals surface area contributed by atoms with Gasteiger partial charge in [0.05, 0.1) is 0 Å². The van der Waals surface area contributed by atoms with Gasteiger partial charge < -0.3 is 20.0 Å². The smallest absolute Gasteiger partial charge is 0.317 e. The maximum Gasteiger partial charge on any atom is 0.317 e. The molecule has 0 aliphatic carbocycles. The Morgan fingerprint density at radius 2 is 1.96 bits per heavy atom. The topological polar surface area (TPSA) is 38.8 Å². The Morgan fingerprint density at radius 1 is 1.19 bits per heavy atom. The fraction of sp³-hybridized carbons (Fsp3) is 0.632. The van der Waals surface area contributed by atoms with Gasteiger partial charge in [-0.05, 0) is 31.9 Å². The molecule has 7 heteroatoms. The van der Waals surface area contributed by atoms with Crippen LogP contribution in [0.2, 0.25) is 0 Å². The first-order valence-electron chi connectivity index (χ1n) is 9.39. The first-order valence-corrected chi connectivity index (χ1v) is 9.39. The van der Waals surface area contributed by atoms with E-state index in [4.69, 9.17) is 0 Å². The first kappa shape index (κ1) is 19.0. The summed E-state index contributed by atoms with van der Waals surface area (Å²) in [7, 11) is 2.14. The number of benzene rings is 1. The molecular weight excluding hydrogens is 338 g/mol. The predicted molar refractivity (Wildman–Crippen MR) is 96.8 cm³/mol. The fourth-order valence-electron chi connectivity index (χ4n) is 3.76. The third-order valence-corrected chi connectivity index (χ3v) is 5.38. The third-order valence-electron chi connectivity index (χ3n) is 5.38. The summed E-state index contributed by atoms with van der Waals surface area (Å²) in [5.74, 6) is -1.30. The summed E-state index contributed by atoms with van der Waals surface area (Å²) >= 11 is 0. The van der Waals surface area contributed by atoms with Gasteiger partial charge in [0.15, 0.2) is 11.6 Å². The van der Waals surface area contributed by atoms with Gasteiger partial charge in [0, 0.05) is 57.9 Å². The molecule has 2 heterocycles. The monoisotopic (exact) mass is 366 g/mol. The second kappa shape index (κ2) is 8.77. The summed E-state index contributed by atoms with van der Waals surface area (Å²) in [6, 6.07) is 3.82. The molecule has 2 saturated heterocycles. The number of carbonyl (C=O) groups excluding carboxylic acids is 1. The molecule has 0 spiro atoms. The molecule has 0 aromatic heterocycles. The second-order valence-electron chi connectivity index (χ2n) is 7.43. The van der Waals surface area contributed by atoms with E-state index in [1.807, 2.05) is 0 Å². The number of rotatable bonds is 4. The quantitative estimate of drug-likeness (QED) is 0.887. The van der Waals surface area contributed by atoms with E-state index in [-0.39, 0.29) is 18.1 Å². The fourth-order valence-corrected chi connectivity index (χ4v) is 3.76. The zero-order valence-electron chi connectivity index (χ0n) is 15.4. The van der Waals surface area contributed by atoms with Crippen LogP contribution >= 0.6 is 0 Å². The molecule has 144 valence electrons. The van der Waals surface area contributed by atoms with Crippen molar-refractivity contribution in [3.63, 3.8) is 0 Å². The molecule has 5 nitrogen and oxygen atoms in total. The number of hydrogen-bond acceptors (Lipinski definition) is 3. The molecule has 0 saturated carbocycles. The SMILES string of the molecule is CN1CCN(C[C@H]2CCCN(C(=O)NCc3cccc(F)c3F)C2)CC1. The Bertz CT molecular complexity index is 620. The van der Waals surface area contributed by atoms with Crippen molar-refractivity contribution >= 4 is 6.03 Å². The van der Waals surface area contributed by atoms with Crippen molar-refractivity contribution in [3.05, 3.63) is 35.4 Å². The minimum atomic E-state index is -0.889. The van der Waals surface area contributed by atoms with Crippen LogP contribution in [0.15, 0.2) is 18.2 Å². The van der Waals surface area contributed by atoms with Gasteiger partial charge in [-0.15, -0.1) is 0 Å². The zero-order valence-corrected chi connectivity index (χ0v) is 15.4. The van der Waals surface area contributed by atoms with Crippen LogP contribution in [-0.2, 0) is 6.54 Å². The van der Waals surface area contributed by atoms with Crippen LogP contribution < -0.4 is 5.32 Å². The number of halogens is 2. The summed E-state index contributed by atoms with van der Waals surface area (Å²) in [5, 5.41) is 2.73. The first-order chi connectivity index (χ1) is 12.5. The largest absolute Gasteiger partial charge is 0.334 e. The number of amides is 2. The lowest BCUT2D eigenvalue weighted by Gasteiger charge is -2.38. The van der Waals surface area contributed by atoms with Gasteiger partial charge in [0.2, 0.25) is 0 Å². The molecule has 2 aliphatic heterocycles. The molecule has 1 aromatic rings. The van der Waals surface area contributed by atoms with E-state index >= 15 is 0 Å². The third kappa shape index (κ3) is 4.92. The summed E-state index contributed by atoms with van der Waals surface area (Å²) in [6.45, 7) is 6.82. The van der Waals surface area contributed by atoms with Gasteiger partial charge in [-0.25, -0.2) is 13.6 Å². The predicted octanol–water partition coefficient (Wildman–Crippen LogP) is 2.13. The van der Waals surface area contributed by atoms with Crippen molar-refractivity contribution < 1.29 is 13.6 Å².